The van der Waals surface area contributed by atoms with Crippen LogP contribution in [0.4, 0.5) is 0 Å². The van der Waals surface area contributed by atoms with Crippen molar-refractivity contribution < 1.29 is 9.53 Å². The molecule has 4 nitrogen and oxygen atoms in total. The maximum Gasteiger partial charge on any atom is 0.251 e. The van der Waals surface area contributed by atoms with Crippen LogP contribution in [-0.4, -0.2) is 31.0 Å². The monoisotopic (exact) mass is 310 g/mol. The van der Waals surface area contributed by atoms with Crippen LogP contribution >= 0.6 is 0 Å². The van der Waals surface area contributed by atoms with E-state index in [1.807, 2.05) is 13.1 Å². The zero-order valence-electron chi connectivity index (χ0n) is 13.6. The molecule has 1 atom stereocenters. The molecule has 120 valence electrons. The van der Waals surface area contributed by atoms with Gasteiger partial charge in [0.05, 0.1) is 13.2 Å². The van der Waals surface area contributed by atoms with Crippen molar-refractivity contribution in [2.45, 2.75) is 25.3 Å². The van der Waals surface area contributed by atoms with E-state index >= 15 is 0 Å². The van der Waals surface area contributed by atoms with Crippen LogP contribution in [0.2, 0.25) is 0 Å². The lowest BCUT2D eigenvalue weighted by molar-refractivity contribution is 0.0939. The van der Waals surface area contributed by atoms with E-state index in [9.17, 15) is 4.79 Å². The first-order chi connectivity index (χ1) is 11.1. The molecule has 0 fully saturated rings. The Hall–Kier alpha value is -2.49. The molecule has 1 unspecified atom stereocenters. The van der Waals surface area contributed by atoms with Crippen LogP contribution in [0.1, 0.15) is 29.6 Å². The van der Waals surface area contributed by atoms with E-state index < -0.39 is 0 Å². The van der Waals surface area contributed by atoms with Crippen LogP contribution in [0.15, 0.2) is 60.0 Å². The van der Waals surface area contributed by atoms with Crippen molar-refractivity contribution in [3.8, 4) is 5.75 Å². The Labute approximate surface area is 137 Å². The van der Waals surface area contributed by atoms with E-state index in [1.54, 1.807) is 31.4 Å². The van der Waals surface area contributed by atoms with Gasteiger partial charge >= 0.3 is 0 Å². The summed E-state index contributed by atoms with van der Waals surface area (Å²) in [5.74, 6) is 0.700. The minimum Gasteiger partial charge on any atom is -0.497 e. The van der Waals surface area contributed by atoms with Crippen LogP contribution in [0.3, 0.4) is 0 Å². The molecule has 0 saturated heterocycles. The molecule has 3 rings (SSSR count). The Morgan fingerprint density at radius 2 is 2.04 bits per heavy atom. The Balaban J connectivity index is 1.77. The average Bonchev–Trinajstić information content (AvgIpc) is 2.58. The van der Waals surface area contributed by atoms with Crippen molar-refractivity contribution >= 4 is 5.91 Å². The minimum atomic E-state index is -0.0492. The molecule has 0 saturated carbocycles. The van der Waals surface area contributed by atoms with E-state index in [0.29, 0.717) is 5.56 Å². The molecule has 1 N–H and O–H groups in total. The van der Waals surface area contributed by atoms with Crippen molar-refractivity contribution in [1.29, 1.82) is 0 Å². The van der Waals surface area contributed by atoms with Gasteiger partial charge in [0.2, 0.25) is 0 Å². The second kappa shape index (κ2) is 6.32. The highest BCUT2D eigenvalue weighted by Crippen LogP contribution is 2.33. The van der Waals surface area contributed by atoms with E-state index in [4.69, 9.17) is 4.74 Å². The quantitative estimate of drug-likeness (QED) is 0.932. The summed E-state index contributed by atoms with van der Waals surface area (Å²) in [6.45, 7) is 4.04. The first kappa shape index (κ1) is 15.4. The normalized spacial score (nSPS) is 20.3. The van der Waals surface area contributed by atoms with E-state index in [1.165, 1.54) is 11.3 Å². The van der Waals surface area contributed by atoms with E-state index in [-0.39, 0.29) is 11.9 Å². The third-order valence-corrected chi connectivity index (χ3v) is 4.56. The number of carbonyl (C=O) groups excluding carboxylic acids is 1. The van der Waals surface area contributed by atoms with Gasteiger partial charge in [-0.15, -0.1) is 0 Å². The molecular formula is C19H22N2O2. The molecule has 1 aromatic carbocycles. The number of nitrogens with one attached hydrogen (secondary N) is 1. The third kappa shape index (κ3) is 3.02. The van der Waals surface area contributed by atoms with Gasteiger partial charge in [-0.25, -0.2) is 0 Å². The number of methoxy groups -OCH3 is 1. The van der Waals surface area contributed by atoms with E-state index in [2.05, 4.69) is 22.9 Å². The van der Waals surface area contributed by atoms with E-state index in [0.717, 1.165) is 30.7 Å². The van der Waals surface area contributed by atoms with Gasteiger partial charge in [0.1, 0.15) is 5.75 Å². The second-order valence-corrected chi connectivity index (χ2v) is 5.93. The number of allylic oxidation sites excluding steroid dienone is 2. The fourth-order valence-electron chi connectivity index (χ4n) is 3.15. The molecule has 1 aromatic rings. The molecule has 0 spiro atoms. The summed E-state index contributed by atoms with van der Waals surface area (Å²) in [5, 5.41) is 3.16. The predicted molar refractivity (Wildman–Crippen MR) is 91.2 cm³/mol. The largest absolute Gasteiger partial charge is 0.497 e. The summed E-state index contributed by atoms with van der Waals surface area (Å²) in [4.78, 5) is 14.6. The van der Waals surface area contributed by atoms with Crippen molar-refractivity contribution in [3.05, 3.63) is 65.5 Å². The molecule has 2 aliphatic rings. The Bertz CT molecular complexity index is 686. The first-order valence-electron chi connectivity index (χ1n) is 7.89. The SMILES string of the molecule is C=C1C=CC2=C(CCCC2NC(=O)c2ccc(OC)cc2)N1C. The molecule has 0 aromatic heterocycles. The summed E-state index contributed by atoms with van der Waals surface area (Å²) in [7, 11) is 3.65. The number of hydrogen-bond donors (Lipinski definition) is 1. The van der Waals surface area contributed by atoms with Crippen LogP contribution < -0.4 is 10.1 Å². The molecule has 0 radical (unpaired) electrons. The smallest absolute Gasteiger partial charge is 0.251 e. The molecule has 1 heterocycles. The van der Waals surface area contributed by atoms with Crippen molar-refractivity contribution in [2.24, 2.45) is 0 Å². The Morgan fingerprint density at radius 3 is 2.74 bits per heavy atom. The lowest BCUT2D eigenvalue weighted by Gasteiger charge is -2.36. The summed E-state index contributed by atoms with van der Waals surface area (Å²) in [5.41, 5.74) is 4.11. The summed E-state index contributed by atoms with van der Waals surface area (Å²) >= 11 is 0. The van der Waals surface area contributed by atoms with Gasteiger partial charge < -0.3 is 15.0 Å². The highest BCUT2D eigenvalue weighted by Gasteiger charge is 2.27. The Kier molecular flexibility index (Phi) is 4.24. The number of nitrogens with zero attached hydrogens (tertiary/aromatic N) is 1. The molecule has 1 amide bonds. The molecule has 1 aliphatic carbocycles. The van der Waals surface area contributed by atoms with Gasteiger partial charge in [0.25, 0.3) is 5.91 Å². The standard InChI is InChI=1S/C19H22N2O2/c1-13-7-12-16-17(5-4-6-18(16)21(13)2)20-19(22)14-8-10-15(23-3)11-9-14/h7-12,17H,1,4-6H2,2-3H3,(H,20,22). The second-order valence-electron chi connectivity index (χ2n) is 5.93. The highest BCUT2D eigenvalue weighted by atomic mass is 16.5. The van der Waals surface area contributed by atoms with Crippen LogP contribution in [0, 0.1) is 0 Å². The van der Waals surface area contributed by atoms with Crippen LogP contribution in [-0.2, 0) is 0 Å². The number of rotatable bonds is 3. The fourth-order valence-corrected chi connectivity index (χ4v) is 3.15. The maximum atomic E-state index is 12.5. The molecular weight excluding hydrogens is 288 g/mol. The van der Waals surface area contributed by atoms with Crippen molar-refractivity contribution in [1.82, 2.24) is 10.2 Å². The number of carbonyl (C=O) groups is 1. The van der Waals surface area contributed by atoms with Crippen molar-refractivity contribution in [2.75, 3.05) is 14.2 Å². The molecule has 23 heavy (non-hydrogen) atoms. The zero-order chi connectivity index (χ0) is 16.4. The number of likely N-dealkylation sites (N-methyl/N-ethyl adjacent to an activating group) is 1. The highest BCUT2D eigenvalue weighted by molar-refractivity contribution is 5.94. The van der Waals surface area contributed by atoms with Gasteiger partial charge in [-0.1, -0.05) is 12.7 Å². The topological polar surface area (TPSA) is 41.6 Å². The molecule has 0 bridgehead atoms. The van der Waals surface area contributed by atoms with Gasteiger partial charge in [-0.2, -0.15) is 0 Å². The van der Waals surface area contributed by atoms with Gasteiger partial charge in [0.15, 0.2) is 0 Å². The molecule has 1 aliphatic heterocycles. The van der Waals surface area contributed by atoms with Crippen LogP contribution in [0.5, 0.6) is 5.75 Å². The lowest BCUT2D eigenvalue weighted by Crippen LogP contribution is -2.40. The van der Waals surface area contributed by atoms with Crippen molar-refractivity contribution in [3.63, 3.8) is 0 Å². The maximum absolute atomic E-state index is 12.5. The van der Waals surface area contributed by atoms with Gasteiger partial charge in [-0.3, -0.25) is 4.79 Å². The summed E-state index contributed by atoms with van der Waals surface area (Å²) < 4.78 is 5.13. The summed E-state index contributed by atoms with van der Waals surface area (Å²) in [6.07, 6.45) is 7.17. The Morgan fingerprint density at radius 1 is 1.30 bits per heavy atom. The number of hydrogen-bond acceptors (Lipinski definition) is 3. The van der Waals surface area contributed by atoms with Gasteiger partial charge in [-0.05, 0) is 55.2 Å². The first-order valence-corrected chi connectivity index (χ1v) is 7.89. The zero-order valence-corrected chi connectivity index (χ0v) is 13.6. The number of amides is 1. The van der Waals surface area contributed by atoms with Gasteiger partial charge in [0, 0.05) is 24.0 Å². The number of ether oxygens (including phenoxy) is 1. The molecule has 4 heteroatoms. The average molecular weight is 310 g/mol. The minimum absolute atomic E-state index is 0.0492. The fraction of sp³-hybridized carbons (Fsp3) is 0.316. The van der Waals surface area contributed by atoms with Crippen LogP contribution in [0.25, 0.3) is 0 Å². The predicted octanol–water partition coefficient (Wildman–Crippen LogP) is 3.25. The summed E-state index contributed by atoms with van der Waals surface area (Å²) in [6, 6.07) is 7.24. The lowest BCUT2D eigenvalue weighted by atomic mass is 9.88. The third-order valence-electron chi connectivity index (χ3n) is 4.56. The number of benzene rings is 1.